The highest BCUT2D eigenvalue weighted by Gasteiger charge is 2.26. The number of hydrazone groups is 1. The monoisotopic (exact) mass is 241 g/mol. The number of furan rings is 1. The molecule has 0 radical (unpaired) electrons. The van der Waals surface area contributed by atoms with E-state index in [1.54, 1.807) is 0 Å². The van der Waals surface area contributed by atoms with Gasteiger partial charge in [-0.1, -0.05) is 0 Å². The number of hydrogen-bond acceptors (Lipinski definition) is 6. The topological polar surface area (TPSA) is 118 Å². The van der Waals surface area contributed by atoms with Gasteiger partial charge in [0, 0.05) is 0 Å². The van der Waals surface area contributed by atoms with Crippen LogP contribution in [-0.4, -0.2) is 34.6 Å². The number of rotatable bonds is 3. The Morgan fingerprint density at radius 1 is 1.53 bits per heavy atom. The first-order valence-electron chi connectivity index (χ1n) is 4.46. The van der Waals surface area contributed by atoms with Crippen LogP contribution in [0, 0.1) is 10.1 Å². The van der Waals surface area contributed by atoms with E-state index in [-0.39, 0.29) is 12.3 Å². The summed E-state index contributed by atoms with van der Waals surface area (Å²) >= 11 is 0. The van der Waals surface area contributed by atoms with Gasteiger partial charge in [0.05, 0.1) is 12.3 Å². The lowest BCUT2D eigenvalue weighted by molar-refractivity contribution is -0.402. The van der Waals surface area contributed by atoms with Crippen molar-refractivity contribution in [3.05, 3.63) is 28.0 Å². The molecule has 3 amide bonds. The zero-order chi connectivity index (χ0) is 12.4. The fraction of sp³-hybridized carbons (Fsp3) is 0.125. The van der Waals surface area contributed by atoms with Gasteiger partial charge >= 0.3 is 11.9 Å². The summed E-state index contributed by atoms with van der Waals surface area (Å²) in [5.74, 6) is -0.769. The lowest BCUT2D eigenvalue weighted by Gasteiger charge is -2.02. The van der Waals surface area contributed by atoms with Crippen LogP contribution in [0.1, 0.15) is 5.76 Å². The van der Waals surface area contributed by atoms with Crippen molar-refractivity contribution in [1.29, 1.82) is 0 Å². The maximum atomic E-state index is 11.1. The molecule has 0 bridgehead atoms. The van der Waals surface area contributed by atoms with Gasteiger partial charge in [0.2, 0.25) is 5.91 Å². The third-order valence-corrected chi connectivity index (χ3v) is 1.89. The van der Waals surface area contributed by atoms with Crippen molar-refractivity contribution >= 4 is 24.0 Å². The molecule has 0 unspecified atom stereocenters. The van der Waals surface area contributed by atoms with Crippen molar-refractivity contribution in [2.24, 2.45) is 5.10 Å². The van der Waals surface area contributed by atoms with Crippen LogP contribution in [0.4, 0.5) is 10.7 Å². The Morgan fingerprint density at radius 2 is 2.29 bits per heavy atom. The molecule has 1 N–H and O–H groups in total. The second-order valence-electron chi connectivity index (χ2n) is 3.09. The number of amides is 3. The number of imide groups is 1. The third kappa shape index (κ3) is 2.27. The minimum atomic E-state index is -0.691. The Bertz CT molecular complexity index is 520. The summed E-state index contributed by atoms with van der Waals surface area (Å²) in [4.78, 5) is 31.5. The van der Waals surface area contributed by atoms with Gasteiger partial charge in [-0.2, -0.15) is 5.10 Å². The van der Waals surface area contributed by atoms with E-state index in [0.717, 1.165) is 17.3 Å². The van der Waals surface area contributed by atoms with E-state index >= 15 is 0 Å². The zero-order valence-electron chi connectivity index (χ0n) is 8.32. The summed E-state index contributed by atoms with van der Waals surface area (Å²) in [7, 11) is 0. The van der Waals surface area contributed by atoms with Crippen molar-refractivity contribution in [1.82, 2.24) is 10.3 Å². The van der Waals surface area contributed by atoms with Gasteiger partial charge in [-0.05, 0) is 6.07 Å². The first-order chi connectivity index (χ1) is 8.06. The van der Waals surface area contributed by atoms with Crippen LogP contribution < -0.4 is 5.32 Å². The average Bonchev–Trinajstić information content (AvgIpc) is 2.82. The summed E-state index contributed by atoms with van der Waals surface area (Å²) < 4.78 is 4.78. The van der Waals surface area contributed by atoms with E-state index in [2.05, 4.69) is 5.10 Å². The van der Waals surface area contributed by atoms with Crippen molar-refractivity contribution in [3.63, 3.8) is 0 Å². The number of nitrogens with one attached hydrogen (secondary N) is 1. The minimum absolute atomic E-state index is 0.115. The maximum Gasteiger partial charge on any atom is 0.433 e. The molecule has 0 aromatic carbocycles. The van der Waals surface area contributed by atoms with Gasteiger partial charge in [-0.25, -0.2) is 9.80 Å². The molecule has 88 valence electrons. The Morgan fingerprint density at radius 3 is 2.82 bits per heavy atom. The Balaban J connectivity index is 2.07. The molecule has 1 aliphatic heterocycles. The third-order valence-electron chi connectivity index (χ3n) is 1.89. The second-order valence-corrected chi connectivity index (χ2v) is 3.09. The fourth-order valence-corrected chi connectivity index (χ4v) is 1.16. The molecule has 1 saturated heterocycles. The van der Waals surface area contributed by atoms with E-state index in [9.17, 15) is 19.7 Å². The number of nitro groups is 1. The highest BCUT2D eigenvalue weighted by atomic mass is 16.6. The summed E-state index contributed by atoms with van der Waals surface area (Å²) in [6, 6.07) is 1.85. The van der Waals surface area contributed by atoms with Crippen LogP contribution in [0.15, 0.2) is 21.7 Å². The van der Waals surface area contributed by atoms with Gasteiger partial charge in [-0.15, -0.1) is 0 Å². The van der Waals surface area contributed by atoms with Crippen LogP contribution in [0.2, 0.25) is 0 Å². The number of nitrogens with zero attached hydrogens (tertiary/aromatic N) is 3. The molecule has 2 rings (SSSR count). The van der Waals surface area contributed by atoms with E-state index in [0.29, 0.717) is 0 Å². The predicted octanol–water partition coefficient (Wildman–Crippen LogP) is 0.0735. The van der Waals surface area contributed by atoms with Gasteiger partial charge in [-0.3, -0.25) is 20.2 Å². The highest BCUT2D eigenvalue weighted by Crippen LogP contribution is 2.14. The lowest BCUT2D eigenvalue weighted by Crippen LogP contribution is -2.24. The fourth-order valence-electron chi connectivity index (χ4n) is 1.16. The Labute approximate surface area is 93.8 Å². The van der Waals surface area contributed by atoms with Gasteiger partial charge in [0.15, 0.2) is 5.76 Å². The molecule has 17 heavy (non-hydrogen) atoms. The average molecular weight is 241 g/mol. The first kappa shape index (κ1) is 10.8. The summed E-state index contributed by atoms with van der Waals surface area (Å²) in [5.41, 5.74) is 0. The first-order valence-corrected chi connectivity index (χ1v) is 4.46. The molecular weight excluding hydrogens is 235 g/mol. The highest BCUT2D eigenvalue weighted by molar-refractivity contribution is 6.02. The second kappa shape index (κ2) is 4.04. The van der Waals surface area contributed by atoms with Gasteiger partial charge in [0.1, 0.15) is 11.5 Å². The molecule has 1 aromatic heterocycles. The van der Waals surface area contributed by atoms with Gasteiger partial charge in [0.25, 0.3) is 0 Å². The number of carbonyl (C=O) groups excluding carboxylic acids is 2. The SMILES string of the molecule is O=[13C]1[13CH2]N(/N=C\c2ccc([N+](=O)[O-])o2)[13C](=O)N1. The smallest absolute Gasteiger partial charge is 0.400 e. The molecule has 9 heteroatoms. The quantitative estimate of drug-likeness (QED) is 0.264. The lowest BCUT2D eigenvalue weighted by atomic mass is 10.5. The largest absolute Gasteiger partial charge is 0.433 e. The zero-order valence-corrected chi connectivity index (χ0v) is 8.32. The van der Waals surface area contributed by atoms with Crippen molar-refractivity contribution in [2.75, 3.05) is 6.54 Å². The Kier molecular flexibility index (Phi) is 2.57. The molecule has 0 saturated carbocycles. The Hall–Kier alpha value is -2.71. The molecule has 9 nitrogen and oxygen atoms in total. The van der Waals surface area contributed by atoms with Crippen LogP contribution in [0.25, 0.3) is 0 Å². The van der Waals surface area contributed by atoms with Crippen molar-refractivity contribution < 1.29 is 18.9 Å². The van der Waals surface area contributed by atoms with Crippen LogP contribution in [-0.2, 0) is 4.79 Å². The molecule has 1 aliphatic rings. The maximum absolute atomic E-state index is 11.1. The molecular formula is C8H6N4O5. The standard InChI is InChI=1S/C8H6N4O5/c13-6-4-11(8(14)10-6)9-3-5-1-2-7(17-5)12(15)16/h1-3H,4H2,(H,10,13,14)/b9-3-/i4+1,6+1,8+1. The molecule has 0 spiro atoms. The number of hydrogen-bond donors (Lipinski definition) is 1. The van der Waals surface area contributed by atoms with E-state index in [1.807, 2.05) is 5.32 Å². The predicted molar refractivity (Wildman–Crippen MR) is 53.2 cm³/mol. The molecule has 2 heterocycles. The number of urea groups is 1. The molecule has 0 atom stereocenters. The minimum Gasteiger partial charge on any atom is -0.400 e. The number of carbonyl (C=O) groups is 2. The van der Waals surface area contributed by atoms with E-state index in [4.69, 9.17) is 4.42 Å². The van der Waals surface area contributed by atoms with E-state index < -0.39 is 22.7 Å². The van der Waals surface area contributed by atoms with Gasteiger partial charge < -0.3 is 4.42 Å². The summed E-state index contributed by atoms with van der Waals surface area (Å²) in [6.45, 7) is -0.182. The van der Waals surface area contributed by atoms with E-state index in [1.165, 1.54) is 6.07 Å². The van der Waals surface area contributed by atoms with Crippen LogP contribution in [0.5, 0.6) is 0 Å². The van der Waals surface area contributed by atoms with Crippen molar-refractivity contribution in [3.8, 4) is 0 Å². The molecule has 1 fully saturated rings. The summed E-state index contributed by atoms with van der Waals surface area (Å²) in [6.07, 6.45) is 1.12. The molecule has 0 aliphatic carbocycles. The molecule has 1 aromatic rings. The van der Waals surface area contributed by atoms with Crippen LogP contribution >= 0.6 is 0 Å². The van der Waals surface area contributed by atoms with Crippen LogP contribution in [0.3, 0.4) is 0 Å². The normalized spacial score (nSPS) is 15.6. The summed E-state index contributed by atoms with van der Waals surface area (Å²) in [5, 5.41) is 16.9. The van der Waals surface area contributed by atoms with Crippen molar-refractivity contribution in [2.45, 2.75) is 0 Å².